The molecule has 0 saturated heterocycles. The van der Waals surface area contributed by atoms with Gasteiger partial charge in [0, 0.05) is 11.9 Å². The fraction of sp³-hybridized carbons (Fsp3) is 0.278. The Kier molecular flexibility index (Phi) is 4.11. The Morgan fingerprint density at radius 3 is 2.64 bits per heavy atom. The maximum Gasteiger partial charge on any atom is 0.179 e. The molecule has 22 heavy (non-hydrogen) atoms. The van der Waals surface area contributed by atoms with Crippen molar-refractivity contribution in [3.05, 3.63) is 52.7 Å². The highest BCUT2D eigenvalue weighted by Gasteiger charge is 2.03. The van der Waals surface area contributed by atoms with Crippen molar-refractivity contribution in [3.63, 3.8) is 0 Å². The van der Waals surface area contributed by atoms with Gasteiger partial charge in [-0.05, 0) is 68.2 Å². The van der Waals surface area contributed by atoms with Gasteiger partial charge in [-0.2, -0.15) is 0 Å². The summed E-state index contributed by atoms with van der Waals surface area (Å²) in [6.45, 7) is 1.99. The second-order valence-corrected chi connectivity index (χ2v) is 5.87. The quantitative estimate of drug-likeness (QED) is 0.562. The van der Waals surface area contributed by atoms with E-state index in [0.717, 1.165) is 47.0 Å². The third kappa shape index (κ3) is 3.12. The van der Waals surface area contributed by atoms with Crippen molar-refractivity contribution in [2.75, 3.05) is 32.5 Å². The van der Waals surface area contributed by atoms with Gasteiger partial charge in [0.25, 0.3) is 0 Å². The third-order valence-electron chi connectivity index (χ3n) is 3.81. The molecule has 114 valence electrons. The van der Waals surface area contributed by atoms with Gasteiger partial charge in [-0.1, -0.05) is 12.1 Å². The Labute approximate surface area is 129 Å². The smallest absolute Gasteiger partial charge is 0.179 e. The third-order valence-corrected chi connectivity index (χ3v) is 3.81. The molecule has 4 nitrogen and oxygen atoms in total. The minimum absolute atomic E-state index is 0.0461. The molecule has 0 amide bonds. The number of nitrogens with one attached hydrogen (secondary N) is 2. The van der Waals surface area contributed by atoms with Gasteiger partial charge in [-0.25, -0.2) is 0 Å². The monoisotopic (exact) mass is 295 g/mol. The van der Waals surface area contributed by atoms with E-state index in [4.69, 9.17) is 0 Å². The molecule has 1 aromatic heterocycles. The lowest BCUT2D eigenvalue weighted by Crippen LogP contribution is -2.16. The molecule has 0 radical (unpaired) electrons. The second kappa shape index (κ2) is 6.20. The van der Waals surface area contributed by atoms with Crippen LogP contribution in [0.5, 0.6) is 0 Å². The predicted molar refractivity (Wildman–Crippen MR) is 93.7 cm³/mol. The second-order valence-electron chi connectivity index (χ2n) is 5.87. The van der Waals surface area contributed by atoms with Gasteiger partial charge >= 0.3 is 0 Å². The summed E-state index contributed by atoms with van der Waals surface area (Å²) >= 11 is 0. The molecule has 0 fully saturated rings. The molecule has 0 bridgehead atoms. The molecule has 3 rings (SSSR count). The van der Waals surface area contributed by atoms with Crippen LogP contribution in [0.3, 0.4) is 0 Å². The number of aromatic nitrogens is 1. The van der Waals surface area contributed by atoms with Crippen molar-refractivity contribution in [2.24, 2.45) is 0 Å². The average molecular weight is 295 g/mol. The number of hydrogen-bond donors (Lipinski definition) is 2. The van der Waals surface area contributed by atoms with Crippen molar-refractivity contribution in [1.82, 2.24) is 9.88 Å². The zero-order valence-corrected chi connectivity index (χ0v) is 13.0. The van der Waals surface area contributed by atoms with Crippen molar-refractivity contribution in [3.8, 4) is 0 Å². The number of nitrogens with zero attached hydrogens (tertiary/aromatic N) is 1. The molecule has 0 aliphatic heterocycles. The molecule has 0 atom stereocenters. The van der Waals surface area contributed by atoms with Crippen LogP contribution < -0.4 is 10.7 Å². The summed E-state index contributed by atoms with van der Waals surface area (Å²) in [7, 11) is 4.16. The molecule has 2 N–H and O–H groups in total. The number of benzene rings is 2. The summed E-state index contributed by atoms with van der Waals surface area (Å²) in [5, 5.41) is 6.62. The Hall–Kier alpha value is -2.33. The van der Waals surface area contributed by atoms with Crippen LogP contribution in [0.25, 0.3) is 21.7 Å². The number of rotatable bonds is 5. The molecule has 0 aliphatic carbocycles. The number of fused-ring (bicyclic) bond motifs is 3. The minimum atomic E-state index is 0.0461. The highest BCUT2D eigenvalue weighted by molar-refractivity contribution is 6.05. The number of pyridine rings is 1. The SMILES string of the molecule is CN(C)CCCNc1ccc2ccc3cc(=O)ccc3c2[nH]1. The Morgan fingerprint density at radius 2 is 1.82 bits per heavy atom. The summed E-state index contributed by atoms with van der Waals surface area (Å²) in [6, 6.07) is 13.4. The van der Waals surface area contributed by atoms with Crippen LogP contribution in [-0.2, 0) is 0 Å². The topological polar surface area (TPSA) is 48.1 Å². The van der Waals surface area contributed by atoms with E-state index in [1.165, 1.54) is 0 Å². The van der Waals surface area contributed by atoms with Crippen LogP contribution in [0.4, 0.5) is 5.82 Å². The summed E-state index contributed by atoms with van der Waals surface area (Å²) in [4.78, 5) is 17.1. The molecular weight excluding hydrogens is 274 g/mol. The standard InChI is InChI=1S/C18H21N3O/c1-21(2)11-3-10-19-17-9-6-13-4-5-14-12-15(22)7-8-16(14)18(13)20-17/h4-9,12,19-20H,3,10-11H2,1-2H3. The van der Waals surface area contributed by atoms with E-state index in [9.17, 15) is 4.79 Å². The maximum atomic E-state index is 11.5. The van der Waals surface area contributed by atoms with Crippen LogP contribution in [-0.4, -0.2) is 37.1 Å². The molecule has 0 spiro atoms. The van der Waals surface area contributed by atoms with Crippen molar-refractivity contribution < 1.29 is 0 Å². The molecular formula is C18H21N3O. The Morgan fingerprint density at radius 1 is 1.05 bits per heavy atom. The Bertz CT molecular complexity index is 852. The van der Waals surface area contributed by atoms with E-state index >= 15 is 0 Å². The van der Waals surface area contributed by atoms with Crippen molar-refractivity contribution >= 4 is 27.5 Å². The van der Waals surface area contributed by atoms with Crippen molar-refractivity contribution in [1.29, 1.82) is 0 Å². The van der Waals surface area contributed by atoms with Crippen LogP contribution in [0.1, 0.15) is 6.42 Å². The van der Waals surface area contributed by atoms with Gasteiger partial charge in [-0.3, -0.25) is 4.79 Å². The number of anilines is 1. The zero-order valence-electron chi connectivity index (χ0n) is 13.0. The van der Waals surface area contributed by atoms with Crippen LogP contribution in [0.15, 0.2) is 47.3 Å². The van der Waals surface area contributed by atoms with Crippen LogP contribution >= 0.6 is 0 Å². The normalized spacial score (nSPS) is 11.4. The lowest BCUT2D eigenvalue weighted by atomic mass is 10.1. The first-order valence-corrected chi connectivity index (χ1v) is 7.58. The van der Waals surface area contributed by atoms with Gasteiger partial charge in [0.2, 0.25) is 0 Å². The minimum Gasteiger partial charge on any atom is -0.372 e. The largest absolute Gasteiger partial charge is 0.372 e. The summed E-state index contributed by atoms with van der Waals surface area (Å²) in [6.07, 6.45) is 1.09. The molecule has 0 saturated carbocycles. The first kappa shape index (κ1) is 14.6. The van der Waals surface area contributed by atoms with Gasteiger partial charge in [0.05, 0.1) is 5.52 Å². The molecule has 1 heterocycles. The lowest BCUT2D eigenvalue weighted by Gasteiger charge is -2.12. The predicted octanol–water partition coefficient (Wildman–Crippen LogP) is 3.04. The number of hydrogen-bond acceptors (Lipinski definition) is 3. The summed E-state index contributed by atoms with van der Waals surface area (Å²) < 4.78 is 0. The van der Waals surface area contributed by atoms with Crippen LogP contribution in [0, 0.1) is 0 Å². The molecule has 0 aliphatic rings. The highest BCUT2D eigenvalue weighted by Crippen LogP contribution is 2.24. The van der Waals surface area contributed by atoms with Gasteiger partial charge < -0.3 is 15.2 Å². The number of aromatic amines is 1. The van der Waals surface area contributed by atoms with E-state index < -0.39 is 0 Å². The fourth-order valence-corrected chi connectivity index (χ4v) is 2.67. The van der Waals surface area contributed by atoms with Gasteiger partial charge in [0.15, 0.2) is 5.43 Å². The summed E-state index contributed by atoms with van der Waals surface area (Å²) in [5.41, 5.74) is 1.11. The highest BCUT2D eigenvalue weighted by atomic mass is 16.1. The molecule has 0 unspecified atom stereocenters. The zero-order chi connectivity index (χ0) is 15.5. The average Bonchev–Trinajstić information content (AvgIpc) is 2.50. The molecule has 3 aromatic rings. The molecule has 2 aromatic carbocycles. The van der Waals surface area contributed by atoms with Gasteiger partial charge in [0.1, 0.15) is 5.82 Å². The van der Waals surface area contributed by atoms with Crippen molar-refractivity contribution in [2.45, 2.75) is 6.42 Å². The van der Waals surface area contributed by atoms with E-state index in [1.807, 2.05) is 18.2 Å². The first-order valence-electron chi connectivity index (χ1n) is 7.58. The fourth-order valence-electron chi connectivity index (χ4n) is 2.67. The lowest BCUT2D eigenvalue weighted by molar-refractivity contribution is 0.405. The maximum absolute atomic E-state index is 11.5. The van der Waals surface area contributed by atoms with E-state index in [1.54, 1.807) is 12.1 Å². The van der Waals surface area contributed by atoms with E-state index in [2.05, 4.69) is 41.4 Å². The van der Waals surface area contributed by atoms with Crippen LogP contribution in [0.2, 0.25) is 0 Å². The van der Waals surface area contributed by atoms with E-state index in [0.29, 0.717) is 0 Å². The van der Waals surface area contributed by atoms with E-state index in [-0.39, 0.29) is 5.43 Å². The Balaban J connectivity index is 1.90. The van der Waals surface area contributed by atoms with Gasteiger partial charge in [-0.15, -0.1) is 0 Å². The summed E-state index contributed by atoms with van der Waals surface area (Å²) in [5.74, 6) is 1.00. The molecule has 4 heteroatoms. The number of H-pyrrole nitrogens is 1. The first-order chi connectivity index (χ1) is 10.6.